The number of rotatable bonds is 5. The van der Waals surface area contributed by atoms with E-state index < -0.39 is 0 Å². The first-order valence-electron chi connectivity index (χ1n) is 4.51. The highest BCUT2D eigenvalue weighted by Gasteiger charge is 2.19. The SMILES string of the molecule is C=N/C=C(\C=N/CC1CC1)CC. The van der Waals surface area contributed by atoms with E-state index in [1.807, 2.05) is 6.21 Å². The first kappa shape index (κ1) is 9.17. The van der Waals surface area contributed by atoms with Crippen LogP contribution in [0, 0.1) is 5.92 Å². The van der Waals surface area contributed by atoms with E-state index in [1.165, 1.54) is 12.8 Å². The second-order valence-corrected chi connectivity index (χ2v) is 3.18. The van der Waals surface area contributed by atoms with Gasteiger partial charge in [0.1, 0.15) is 0 Å². The standard InChI is InChI=1S/C10H16N2/c1-3-9(6-11-2)7-12-8-10-4-5-10/h6-7,10H,2-5,8H2,1H3/b9-6-,12-7-. The Morgan fingerprint density at radius 1 is 1.58 bits per heavy atom. The van der Waals surface area contributed by atoms with Crippen molar-refractivity contribution in [1.29, 1.82) is 0 Å². The molecule has 1 fully saturated rings. The second kappa shape index (κ2) is 4.86. The number of nitrogens with zero attached hydrogens (tertiary/aromatic N) is 2. The van der Waals surface area contributed by atoms with Gasteiger partial charge in [0.15, 0.2) is 0 Å². The van der Waals surface area contributed by atoms with Crippen LogP contribution in [0.4, 0.5) is 0 Å². The average molecular weight is 164 g/mol. The Morgan fingerprint density at radius 3 is 2.83 bits per heavy atom. The van der Waals surface area contributed by atoms with Gasteiger partial charge in [0.25, 0.3) is 0 Å². The molecule has 1 aliphatic carbocycles. The quantitative estimate of drug-likeness (QED) is 0.558. The fourth-order valence-electron chi connectivity index (χ4n) is 0.953. The Hall–Kier alpha value is -0.920. The van der Waals surface area contributed by atoms with Gasteiger partial charge in [0.2, 0.25) is 0 Å². The maximum absolute atomic E-state index is 4.34. The van der Waals surface area contributed by atoms with Crippen LogP contribution in [0.5, 0.6) is 0 Å². The average Bonchev–Trinajstić information content (AvgIpc) is 2.87. The number of hydrogen-bond donors (Lipinski definition) is 0. The molecule has 0 atom stereocenters. The van der Waals surface area contributed by atoms with Crippen molar-refractivity contribution in [3.05, 3.63) is 11.8 Å². The molecule has 1 rings (SSSR count). The van der Waals surface area contributed by atoms with Crippen molar-refractivity contribution in [2.75, 3.05) is 6.54 Å². The van der Waals surface area contributed by atoms with Crippen LogP contribution in [-0.2, 0) is 0 Å². The van der Waals surface area contributed by atoms with Gasteiger partial charge in [-0.25, -0.2) is 0 Å². The van der Waals surface area contributed by atoms with Crippen molar-refractivity contribution in [3.63, 3.8) is 0 Å². The topological polar surface area (TPSA) is 24.7 Å². The number of hydrogen-bond acceptors (Lipinski definition) is 2. The van der Waals surface area contributed by atoms with E-state index in [9.17, 15) is 0 Å². The minimum atomic E-state index is 0.871. The highest BCUT2D eigenvalue weighted by Crippen LogP contribution is 2.28. The summed E-state index contributed by atoms with van der Waals surface area (Å²) in [4.78, 5) is 8.06. The van der Waals surface area contributed by atoms with Crippen molar-refractivity contribution in [2.45, 2.75) is 26.2 Å². The largest absolute Gasteiger partial charge is 0.293 e. The first-order valence-corrected chi connectivity index (χ1v) is 4.51. The molecular formula is C10H16N2. The van der Waals surface area contributed by atoms with E-state index in [0.717, 1.165) is 24.5 Å². The molecule has 2 nitrogen and oxygen atoms in total. The lowest BCUT2D eigenvalue weighted by atomic mass is 10.2. The molecule has 0 amide bonds. The Kier molecular flexibility index (Phi) is 3.71. The summed E-state index contributed by atoms with van der Waals surface area (Å²) >= 11 is 0. The summed E-state index contributed by atoms with van der Waals surface area (Å²) in [6.45, 7) is 6.51. The molecule has 2 heteroatoms. The smallest absolute Gasteiger partial charge is 0.0417 e. The molecule has 0 aromatic rings. The molecule has 0 heterocycles. The molecule has 0 N–H and O–H groups in total. The van der Waals surface area contributed by atoms with Crippen LogP contribution in [0.1, 0.15) is 26.2 Å². The van der Waals surface area contributed by atoms with E-state index in [2.05, 4.69) is 23.6 Å². The van der Waals surface area contributed by atoms with Gasteiger partial charge in [-0.15, -0.1) is 0 Å². The summed E-state index contributed by atoms with van der Waals surface area (Å²) in [7, 11) is 0. The fraction of sp³-hybridized carbons (Fsp3) is 0.600. The molecule has 0 spiro atoms. The van der Waals surface area contributed by atoms with Crippen molar-refractivity contribution in [1.82, 2.24) is 0 Å². The third-order valence-corrected chi connectivity index (χ3v) is 1.98. The van der Waals surface area contributed by atoms with Crippen LogP contribution in [-0.4, -0.2) is 19.5 Å². The first-order chi connectivity index (χ1) is 5.86. The van der Waals surface area contributed by atoms with Crippen LogP contribution in [0.2, 0.25) is 0 Å². The van der Waals surface area contributed by atoms with E-state index in [0.29, 0.717) is 0 Å². The molecule has 0 radical (unpaired) electrons. The second-order valence-electron chi connectivity index (χ2n) is 3.18. The molecular weight excluding hydrogens is 148 g/mol. The predicted molar refractivity (Wildman–Crippen MR) is 54.0 cm³/mol. The van der Waals surface area contributed by atoms with Crippen LogP contribution >= 0.6 is 0 Å². The van der Waals surface area contributed by atoms with E-state index in [4.69, 9.17) is 0 Å². The molecule has 0 aromatic heterocycles. The van der Waals surface area contributed by atoms with Crippen LogP contribution in [0.3, 0.4) is 0 Å². The minimum Gasteiger partial charge on any atom is -0.293 e. The zero-order valence-electron chi connectivity index (χ0n) is 7.66. The maximum atomic E-state index is 4.34. The molecule has 0 saturated heterocycles. The van der Waals surface area contributed by atoms with E-state index in [1.54, 1.807) is 6.20 Å². The highest BCUT2D eigenvalue weighted by molar-refractivity contribution is 5.78. The predicted octanol–water partition coefficient (Wildman–Crippen LogP) is 2.46. The Bertz CT molecular complexity index is 200. The molecule has 0 bridgehead atoms. The molecule has 0 aromatic carbocycles. The minimum absolute atomic E-state index is 0.871. The van der Waals surface area contributed by atoms with Crippen molar-refractivity contribution >= 4 is 12.9 Å². The van der Waals surface area contributed by atoms with Gasteiger partial charge in [0.05, 0.1) is 0 Å². The van der Waals surface area contributed by atoms with Crippen molar-refractivity contribution < 1.29 is 0 Å². The molecule has 66 valence electrons. The monoisotopic (exact) mass is 164 g/mol. The van der Waals surface area contributed by atoms with E-state index >= 15 is 0 Å². The third kappa shape index (κ3) is 3.46. The lowest BCUT2D eigenvalue weighted by Crippen LogP contribution is -1.86. The molecule has 1 saturated carbocycles. The summed E-state index contributed by atoms with van der Waals surface area (Å²) in [5.74, 6) is 0.871. The van der Waals surface area contributed by atoms with Crippen LogP contribution in [0.25, 0.3) is 0 Å². The van der Waals surface area contributed by atoms with Gasteiger partial charge in [-0.05, 0) is 37.5 Å². The Labute approximate surface area is 74.1 Å². The molecule has 0 aliphatic heterocycles. The van der Waals surface area contributed by atoms with Gasteiger partial charge in [-0.2, -0.15) is 0 Å². The maximum Gasteiger partial charge on any atom is 0.0417 e. The summed E-state index contributed by atoms with van der Waals surface area (Å²) in [5.41, 5.74) is 1.16. The number of aliphatic imine (C=N–C) groups is 2. The lowest BCUT2D eigenvalue weighted by Gasteiger charge is -1.92. The lowest BCUT2D eigenvalue weighted by molar-refractivity contribution is 0.851. The van der Waals surface area contributed by atoms with Crippen LogP contribution in [0.15, 0.2) is 21.8 Å². The molecule has 0 unspecified atom stereocenters. The van der Waals surface area contributed by atoms with Gasteiger partial charge in [-0.1, -0.05) is 6.92 Å². The van der Waals surface area contributed by atoms with Gasteiger partial charge in [0, 0.05) is 19.0 Å². The summed E-state index contributed by atoms with van der Waals surface area (Å²) in [5, 5.41) is 0. The van der Waals surface area contributed by atoms with Crippen molar-refractivity contribution in [2.24, 2.45) is 15.9 Å². The van der Waals surface area contributed by atoms with Crippen molar-refractivity contribution in [3.8, 4) is 0 Å². The third-order valence-electron chi connectivity index (χ3n) is 1.98. The van der Waals surface area contributed by atoms with E-state index in [-0.39, 0.29) is 0 Å². The Balaban J connectivity index is 2.28. The van der Waals surface area contributed by atoms with Crippen LogP contribution < -0.4 is 0 Å². The van der Waals surface area contributed by atoms with Gasteiger partial charge in [-0.3, -0.25) is 9.98 Å². The number of allylic oxidation sites excluding steroid dienone is 1. The normalized spacial score (nSPS) is 18.6. The molecule has 12 heavy (non-hydrogen) atoms. The summed E-state index contributed by atoms with van der Waals surface area (Å²) in [6, 6.07) is 0. The Morgan fingerprint density at radius 2 is 2.33 bits per heavy atom. The van der Waals surface area contributed by atoms with Gasteiger partial charge >= 0.3 is 0 Å². The molecule has 1 aliphatic rings. The summed E-state index contributed by atoms with van der Waals surface area (Å²) in [6.07, 6.45) is 7.40. The van der Waals surface area contributed by atoms with Gasteiger partial charge < -0.3 is 0 Å². The zero-order valence-corrected chi connectivity index (χ0v) is 7.66. The fourth-order valence-corrected chi connectivity index (χ4v) is 0.953. The highest BCUT2D eigenvalue weighted by atomic mass is 14.7. The zero-order chi connectivity index (χ0) is 8.81. The summed E-state index contributed by atoms with van der Waals surface area (Å²) < 4.78 is 0.